The van der Waals surface area contributed by atoms with E-state index in [9.17, 15) is 9.59 Å². The van der Waals surface area contributed by atoms with E-state index in [1.54, 1.807) is 35.1 Å². The maximum Gasteiger partial charge on any atom is 0.293 e. The first-order valence-corrected chi connectivity index (χ1v) is 9.25. The van der Waals surface area contributed by atoms with E-state index in [0.717, 1.165) is 11.1 Å². The fourth-order valence-electron chi connectivity index (χ4n) is 3.00. The zero-order chi connectivity index (χ0) is 19.9. The van der Waals surface area contributed by atoms with Crippen molar-refractivity contribution in [2.45, 2.75) is 52.6 Å². The fourth-order valence-corrected chi connectivity index (χ4v) is 3.12. The third kappa shape index (κ3) is 3.67. The van der Waals surface area contributed by atoms with Gasteiger partial charge in [0.25, 0.3) is 5.56 Å². The molecule has 0 aliphatic carbocycles. The third-order valence-electron chi connectivity index (χ3n) is 4.35. The summed E-state index contributed by atoms with van der Waals surface area (Å²) in [6.45, 7) is 9.83. The molecule has 0 aliphatic heterocycles. The van der Waals surface area contributed by atoms with Gasteiger partial charge in [-0.1, -0.05) is 25.4 Å². The Morgan fingerprint density at radius 3 is 2.37 bits per heavy atom. The molecule has 27 heavy (non-hydrogen) atoms. The summed E-state index contributed by atoms with van der Waals surface area (Å²) in [5.41, 5.74) is 1.04. The second-order valence-corrected chi connectivity index (χ2v) is 8.36. The average Bonchev–Trinajstić information content (AvgIpc) is 3.03. The molecule has 0 aliphatic rings. The number of carbonyl (C=O) groups excluding carboxylic acids is 1. The van der Waals surface area contributed by atoms with Crippen molar-refractivity contribution in [1.29, 1.82) is 0 Å². The maximum absolute atomic E-state index is 13.1. The number of aromatic nitrogens is 4. The summed E-state index contributed by atoms with van der Waals surface area (Å²) in [4.78, 5) is 25.8. The van der Waals surface area contributed by atoms with Crippen LogP contribution in [0.25, 0.3) is 10.9 Å². The predicted octanol–water partition coefficient (Wildman–Crippen LogP) is 4.01. The van der Waals surface area contributed by atoms with Gasteiger partial charge in [-0.05, 0) is 51.0 Å². The molecular weight excluding hydrogens is 364 g/mol. The van der Waals surface area contributed by atoms with Crippen molar-refractivity contribution in [1.82, 2.24) is 19.6 Å². The molecule has 0 spiro atoms. The molecule has 3 rings (SSSR count). The Labute approximate surface area is 162 Å². The SMILES string of the molecule is CC(C)c1nn(CC(=O)c2ccc(Cl)cc2)c(=O)c2c1cnn2C(C)(C)C. The van der Waals surface area contributed by atoms with Crippen LogP contribution in [0.3, 0.4) is 0 Å². The topological polar surface area (TPSA) is 69.8 Å². The summed E-state index contributed by atoms with van der Waals surface area (Å²) < 4.78 is 2.96. The molecule has 142 valence electrons. The molecule has 0 saturated carbocycles. The highest BCUT2D eigenvalue weighted by molar-refractivity contribution is 6.30. The summed E-state index contributed by atoms with van der Waals surface area (Å²) in [6, 6.07) is 6.61. The van der Waals surface area contributed by atoms with Gasteiger partial charge in [0.05, 0.1) is 17.4 Å². The van der Waals surface area contributed by atoms with Gasteiger partial charge >= 0.3 is 0 Å². The molecule has 1 aromatic carbocycles. The van der Waals surface area contributed by atoms with Crippen LogP contribution in [0.2, 0.25) is 5.02 Å². The number of halogens is 1. The van der Waals surface area contributed by atoms with Crippen molar-refractivity contribution in [3.05, 3.63) is 57.1 Å². The minimum absolute atomic E-state index is 0.0857. The second-order valence-electron chi connectivity index (χ2n) is 7.92. The summed E-state index contributed by atoms with van der Waals surface area (Å²) >= 11 is 5.88. The Hall–Kier alpha value is -2.47. The third-order valence-corrected chi connectivity index (χ3v) is 4.60. The van der Waals surface area contributed by atoms with Crippen molar-refractivity contribution in [3.63, 3.8) is 0 Å². The number of nitrogens with zero attached hydrogens (tertiary/aromatic N) is 4. The standard InChI is InChI=1S/C20H23ClN4O2/c1-12(2)17-15-10-22-25(20(3,4)5)18(15)19(27)24(23-17)11-16(26)13-6-8-14(21)9-7-13/h6-10,12H,11H2,1-5H3. The van der Waals surface area contributed by atoms with E-state index >= 15 is 0 Å². The lowest BCUT2D eigenvalue weighted by atomic mass is 10.1. The Morgan fingerprint density at radius 2 is 1.81 bits per heavy atom. The molecule has 3 aromatic rings. The minimum atomic E-state index is -0.367. The first kappa shape index (κ1) is 19.3. The van der Waals surface area contributed by atoms with Crippen LogP contribution in [0.4, 0.5) is 0 Å². The second kappa shape index (κ2) is 6.93. The normalized spacial score (nSPS) is 12.1. The Bertz CT molecular complexity index is 1060. The highest BCUT2D eigenvalue weighted by Crippen LogP contribution is 2.24. The molecule has 0 saturated heterocycles. The van der Waals surface area contributed by atoms with E-state index in [-0.39, 0.29) is 29.3 Å². The lowest BCUT2D eigenvalue weighted by Crippen LogP contribution is -2.32. The van der Waals surface area contributed by atoms with E-state index in [4.69, 9.17) is 11.6 Å². The summed E-state index contributed by atoms with van der Waals surface area (Å²) in [5, 5.41) is 10.2. The maximum atomic E-state index is 13.1. The van der Waals surface area contributed by atoms with Gasteiger partial charge in [0.2, 0.25) is 0 Å². The number of ketones is 1. The molecule has 0 fully saturated rings. The van der Waals surface area contributed by atoms with Crippen molar-refractivity contribution in [3.8, 4) is 0 Å². The molecule has 0 N–H and O–H groups in total. The van der Waals surface area contributed by atoms with E-state index in [1.807, 2.05) is 34.6 Å². The number of carbonyl (C=O) groups is 1. The molecule has 0 unspecified atom stereocenters. The minimum Gasteiger partial charge on any atom is -0.292 e. The van der Waals surface area contributed by atoms with Crippen molar-refractivity contribution < 1.29 is 4.79 Å². The van der Waals surface area contributed by atoms with Crippen LogP contribution in [-0.2, 0) is 12.1 Å². The molecule has 2 heterocycles. The first-order valence-electron chi connectivity index (χ1n) is 8.87. The Balaban J connectivity index is 2.15. The van der Waals surface area contributed by atoms with Crippen LogP contribution >= 0.6 is 11.6 Å². The number of benzene rings is 1. The van der Waals surface area contributed by atoms with Gasteiger partial charge in [0, 0.05) is 16.0 Å². The van der Waals surface area contributed by atoms with Crippen LogP contribution in [0.5, 0.6) is 0 Å². The molecule has 2 aromatic heterocycles. The van der Waals surface area contributed by atoms with E-state index in [0.29, 0.717) is 16.1 Å². The average molecular weight is 387 g/mol. The van der Waals surface area contributed by atoms with Gasteiger partial charge in [-0.3, -0.25) is 14.3 Å². The molecule has 0 bridgehead atoms. The zero-order valence-electron chi connectivity index (χ0n) is 16.2. The molecule has 7 heteroatoms. The first-order chi connectivity index (χ1) is 12.6. The van der Waals surface area contributed by atoms with Crippen molar-refractivity contribution in [2.24, 2.45) is 0 Å². The summed E-state index contributed by atoms with van der Waals surface area (Å²) in [6.07, 6.45) is 1.69. The summed E-state index contributed by atoms with van der Waals surface area (Å²) in [5.74, 6) is -0.111. The van der Waals surface area contributed by atoms with Gasteiger partial charge in [-0.25, -0.2) is 4.68 Å². The predicted molar refractivity (Wildman–Crippen MR) is 107 cm³/mol. The van der Waals surface area contributed by atoms with Crippen LogP contribution in [-0.4, -0.2) is 25.3 Å². The number of fused-ring (bicyclic) bond motifs is 1. The van der Waals surface area contributed by atoms with Crippen molar-refractivity contribution in [2.75, 3.05) is 0 Å². The van der Waals surface area contributed by atoms with E-state index in [1.165, 1.54) is 4.68 Å². The van der Waals surface area contributed by atoms with Crippen LogP contribution < -0.4 is 5.56 Å². The van der Waals surface area contributed by atoms with Crippen LogP contribution in [0, 0.1) is 0 Å². The molecular formula is C20H23ClN4O2. The van der Waals surface area contributed by atoms with E-state index in [2.05, 4.69) is 10.2 Å². The molecule has 0 atom stereocenters. The smallest absolute Gasteiger partial charge is 0.292 e. The molecule has 6 nitrogen and oxygen atoms in total. The lowest BCUT2D eigenvalue weighted by Gasteiger charge is -2.21. The highest BCUT2D eigenvalue weighted by Gasteiger charge is 2.24. The van der Waals surface area contributed by atoms with Gasteiger partial charge in [-0.2, -0.15) is 10.2 Å². The summed E-state index contributed by atoms with van der Waals surface area (Å²) in [7, 11) is 0. The quantitative estimate of drug-likeness (QED) is 0.635. The largest absolute Gasteiger partial charge is 0.293 e. The van der Waals surface area contributed by atoms with Crippen LogP contribution in [0.15, 0.2) is 35.3 Å². The number of hydrogen-bond donors (Lipinski definition) is 0. The highest BCUT2D eigenvalue weighted by atomic mass is 35.5. The van der Waals surface area contributed by atoms with Gasteiger partial charge in [-0.15, -0.1) is 0 Å². The van der Waals surface area contributed by atoms with Crippen molar-refractivity contribution >= 4 is 28.3 Å². The number of rotatable bonds is 4. The number of Topliss-reactive ketones (excluding diaryl/α,β-unsaturated/α-hetero) is 1. The fraction of sp³-hybridized carbons (Fsp3) is 0.400. The van der Waals surface area contributed by atoms with E-state index < -0.39 is 0 Å². The molecule has 0 radical (unpaired) electrons. The lowest BCUT2D eigenvalue weighted by molar-refractivity contribution is 0.0965. The molecule has 0 amide bonds. The monoisotopic (exact) mass is 386 g/mol. The van der Waals surface area contributed by atoms with Crippen LogP contribution in [0.1, 0.15) is 56.6 Å². The van der Waals surface area contributed by atoms with Gasteiger partial charge in [0.15, 0.2) is 5.78 Å². The Morgan fingerprint density at radius 1 is 1.19 bits per heavy atom. The Kier molecular flexibility index (Phi) is 4.95. The zero-order valence-corrected chi connectivity index (χ0v) is 16.9. The number of hydrogen-bond acceptors (Lipinski definition) is 4. The van der Waals surface area contributed by atoms with Gasteiger partial charge in [0.1, 0.15) is 12.1 Å². The van der Waals surface area contributed by atoms with Gasteiger partial charge < -0.3 is 0 Å².